The maximum atomic E-state index is 9.86. The third-order valence-corrected chi connectivity index (χ3v) is 3.27. The fraction of sp³-hybridized carbons (Fsp3) is 0.600. The van der Waals surface area contributed by atoms with Gasteiger partial charge in [-0.05, 0) is 27.0 Å². The molecule has 4 nitrogen and oxygen atoms in total. The lowest BCUT2D eigenvalue weighted by atomic mass is 10.0. The maximum Gasteiger partial charge on any atom is 0.120 e. The third kappa shape index (κ3) is 5.59. The van der Waals surface area contributed by atoms with E-state index in [2.05, 4.69) is 24.2 Å². The van der Waals surface area contributed by atoms with Crippen molar-refractivity contribution in [3.8, 4) is 5.75 Å². The Labute approximate surface area is 116 Å². The Kier molecular flexibility index (Phi) is 6.84. The fourth-order valence-corrected chi connectivity index (χ4v) is 1.96. The number of rotatable bonds is 8. The van der Waals surface area contributed by atoms with Crippen LogP contribution in [0.15, 0.2) is 18.2 Å². The second kappa shape index (κ2) is 8.15. The molecule has 0 heterocycles. The molecule has 0 saturated carbocycles. The molecule has 0 aromatic heterocycles. The van der Waals surface area contributed by atoms with E-state index >= 15 is 0 Å². The van der Waals surface area contributed by atoms with Gasteiger partial charge < -0.3 is 20.1 Å². The van der Waals surface area contributed by atoms with E-state index in [4.69, 9.17) is 4.74 Å². The van der Waals surface area contributed by atoms with Gasteiger partial charge in [-0.25, -0.2) is 0 Å². The van der Waals surface area contributed by atoms with Gasteiger partial charge in [0, 0.05) is 38.3 Å². The topological polar surface area (TPSA) is 44.7 Å². The molecule has 2 N–H and O–H groups in total. The van der Waals surface area contributed by atoms with Crippen molar-refractivity contribution in [1.29, 1.82) is 0 Å². The Morgan fingerprint density at radius 3 is 2.79 bits per heavy atom. The number of aryl methyl sites for hydroxylation is 1. The van der Waals surface area contributed by atoms with Crippen LogP contribution in [0, 0.1) is 6.92 Å². The van der Waals surface area contributed by atoms with Crippen LogP contribution in [0.25, 0.3) is 0 Å². The van der Waals surface area contributed by atoms with Crippen molar-refractivity contribution in [1.82, 2.24) is 10.2 Å². The highest BCUT2D eigenvalue weighted by Crippen LogP contribution is 2.24. The van der Waals surface area contributed by atoms with Gasteiger partial charge in [0.1, 0.15) is 5.75 Å². The molecular formula is C15H26N2O2. The molecule has 0 aliphatic rings. The Morgan fingerprint density at radius 1 is 1.37 bits per heavy atom. The van der Waals surface area contributed by atoms with Crippen molar-refractivity contribution in [2.45, 2.75) is 19.9 Å². The molecule has 0 spiro atoms. The smallest absolute Gasteiger partial charge is 0.120 e. The van der Waals surface area contributed by atoms with Crippen LogP contribution in [0.3, 0.4) is 0 Å². The molecule has 19 heavy (non-hydrogen) atoms. The van der Waals surface area contributed by atoms with Gasteiger partial charge in [0.15, 0.2) is 0 Å². The lowest BCUT2D eigenvalue weighted by Gasteiger charge is -2.20. The summed E-state index contributed by atoms with van der Waals surface area (Å²) in [7, 11) is 3.80. The summed E-state index contributed by atoms with van der Waals surface area (Å²) in [5, 5.41) is 13.3. The highest BCUT2D eigenvalue weighted by Gasteiger charge is 2.10. The summed E-state index contributed by atoms with van der Waals surface area (Å²) in [5.41, 5.74) is 2.12. The zero-order chi connectivity index (χ0) is 14.3. The van der Waals surface area contributed by atoms with Gasteiger partial charge in [-0.3, -0.25) is 0 Å². The van der Waals surface area contributed by atoms with Gasteiger partial charge in [-0.1, -0.05) is 17.7 Å². The Hall–Kier alpha value is -1.10. The molecule has 1 atom stereocenters. The van der Waals surface area contributed by atoms with Crippen molar-refractivity contribution in [2.24, 2.45) is 0 Å². The van der Waals surface area contributed by atoms with Crippen molar-refractivity contribution in [3.63, 3.8) is 0 Å². The molecule has 1 rings (SSSR count). The fourth-order valence-electron chi connectivity index (χ4n) is 1.96. The SMILES string of the molecule is COCCN(C)CCNC(C)c1cc(C)ccc1O. The molecule has 0 bridgehead atoms. The largest absolute Gasteiger partial charge is 0.508 e. The van der Waals surface area contributed by atoms with Gasteiger partial charge in [-0.2, -0.15) is 0 Å². The van der Waals surface area contributed by atoms with E-state index in [0.29, 0.717) is 5.75 Å². The first kappa shape index (κ1) is 16.0. The summed E-state index contributed by atoms with van der Waals surface area (Å²) in [6, 6.07) is 5.86. The summed E-state index contributed by atoms with van der Waals surface area (Å²) >= 11 is 0. The zero-order valence-electron chi connectivity index (χ0n) is 12.4. The summed E-state index contributed by atoms with van der Waals surface area (Å²) < 4.78 is 5.04. The summed E-state index contributed by atoms with van der Waals surface area (Å²) in [6.45, 7) is 7.64. The number of ether oxygens (including phenoxy) is 1. The molecule has 0 radical (unpaired) electrons. The average molecular weight is 266 g/mol. The second-order valence-corrected chi connectivity index (χ2v) is 5.03. The first-order valence-electron chi connectivity index (χ1n) is 6.75. The van der Waals surface area contributed by atoms with Crippen molar-refractivity contribution in [3.05, 3.63) is 29.3 Å². The zero-order valence-corrected chi connectivity index (χ0v) is 12.4. The summed E-state index contributed by atoms with van der Waals surface area (Å²) in [6.07, 6.45) is 0. The van der Waals surface area contributed by atoms with E-state index in [1.54, 1.807) is 13.2 Å². The van der Waals surface area contributed by atoms with Crippen LogP contribution >= 0.6 is 0 Å². The number of aromatic hydroxyl groups is 1. The number of nitrogens with zero attached hydrogens (tertiary/aromatic N) is 1. The van der Waals surface area contributed by atoms with Gasteiger partial charge in [0.25, 0.3) is 0 Å². The van der Waals surface area contributed by atoms with E-state index in [-0.39, 0.29) is 6.04 Å². The summed E-state index contributed by atoms with van der Waals surface area (Å²) in [5.74, 6) is 0.360. The predicted octanol–water partition coefficient (Wildman–Crippen LogP) is 1.93. The van der Waals surface area contributed by atoms with Crippen LogP contribution in [0.4, 0.5) is 0 Å². The Morgan fingerprint density at radius 2 is 2.11 bits per heavy atom. The number of likely N-dealkylation sites (N-methyl/N-ethyl adjacent to an activating group) is 1. The lowest BCUT2D eigenvalue weighted by molar-refractivity contribution is 0.161. The minimum Gasteiger partial charge on any atom is -0.508 e. The molecule has 1 aromatic rings. The minimum atomic E-state index is 0.149. The number of hydrogen-bond acceptors (Lipinski definition) is 4. The van der Waals surface area contributed by atoms with Crippen LogP contribution in [0.2, 0.25) is 0 Å². The third-order valence-electron chi connectivity index (χ3n) is 3.27. The number of nitrogens with one attached hydrogen (secondary N) is 1. The minimum absolute atomic E-state index is 0.149. The van der Waals surface area contributed by atoms with Crippen molar-refractivity contribution >= 4 is 0 Å². The summed E-state index contributed by atoms with van der Waals surface area (Å²) in [4.78, 5) is 2.22. The quantitative estimate of drug-likeness (QED) is 0.754. The number of phenolic OH excluding ortho intramolecular Hbond substituents is 1. The van der Waals surface area contributed by atoms with E-state index in [1.165, 1.54) is 5.56 Å². The standard InChI is InChI=1S/C15H26N2O2/c1-12-5-6-15(18)14(11-12)13(2)16-7-8-17(3)9-10-19-4/h5-6,11,13,16,18H,7-10H2,1-4H3. The monoisotopic (exact) mass is 266 g/mol. The highest BCUT2D eigenvalue weighted by molar-refractivity contribution is 5.37. The molecule has 0 amide bonds. The molecule has 0 saturated heterocycles. The first-order chi connectivity index (χ1) is 9.04. The van der Waals surface area contributed by atoms with Crippen molar-refractivity contribution in [2.75, 3.05) is 40.4 Å². The number of methoxy groups -OCH3 is 1. The van der Waals surface area contributed by atoms with Gasteiger partial charge in [0.2, 0.25) is 0 Å². The molecular weight excluding hydrogens is 240 g/mol. The van der Waals surface area contributed by atoms with E-state index in [1.807, 2.05) is 19.1 Å². The maximum absolute atomic E-state index is 9.86. The number of hydrogen-bond donors (Lipinski definition) is 2. The molecule has 0 aliphatic carbocycles. The van der Waals surface area contributed by atoms with Crippen LogP contribution in [-0.4, -0.2) is 50.4 Å². The Bertz CT molecular complexity index is 382. The molecule has 1 aromatic carbocycles. The molecule has 108 valence electrons. The van der Waals surface area contributed by atoms with E-state index in [9.17, 15) is 5.11 Å². The van der Waals surface area contributed by atoms with E-state index in [0.717, 1.165) is 31.8 Å². The molecule has 0 fully saturated rings. The second-order valence-electron chi connectivity index (χ2n) is 5.03. The van der Waals surface area contributed by atoms with Gasteiger partial charge in [0.05, 0.1) is 6.61 Å². The first-order valence-corrected chi connectivity index (χ1v) is 6.75. The van der Waals surface area contributed by atoms with Gasteiger partial charge >= 0.3 is 0 Å². The van der Waals surface area contributed by atoms with E-state index < -0.39 is 0 Å². The van der Waals surface area contributed by atoms with Crippen LogP contribution in [-0.2, 0) is 4.74 Å². The average Bonchev–Trinajstić information content (AvgIpc) is 2.39. The molecule has 4 heteroatoms. The Balaban J connectivity index is 2.38. The van der Waals surface area contributed by atoms with Crippen LogP contribution in [0.1, 0.15) is 24.1 Å². The predicted molar refractivity (Wildman–Crippen MR) is 78.6 cm³/mol. The van der Waals surface area contributed by atoms with Crippen LogP contribution < -0.4 is 5.32 Å². The number of phenols is 1. The van der Waals surface area contributed by atoms with Gasteiger partial charge in [-0.15, -0.1) is 0 Å². The highest BCUT2D eigenvalue weighted by atomic mass is 16.5. The molecule has 0 aliphatic heterocycles. The molecule has 1 unspecified atom stereocenters. The normalized spacial score (nSPS) is 12.9. The van der Waals surface area contributed by atoms with Crippen LogP contribution in [0.5, 0.6) is 5.75 Å². The lowest BCUT2D eigenvalue weighted by Crippen LogP contribution is -2.32. The number of benzene rings is 1. The van der Waals surface area contributed by atoms with Crippen molar-refractivity contribution < 1.29 is 9.84 Å².